The van der Waals surface area contributed by atoms with E-state index in [1.165, 1.54) is 11.6 Å². The Morgan fingerprint density at radius 3 is 2.59 bits per heavy atom. The van der Waals surface area contributed by atoms with E-state index < -0.39 is 0 Å². The third-order valence-corrected chi connectivity index (χ3v) is 5.64. The Morgan fingerprint density at radius 2 is 1.93 bits per heavy atom. The van der Waals surface area contributed by atoms with Crippen molar-refractivity contribution in [3.05, 3.63) is 56.2 Å². The highest BCUT2D eigenvalue weighted by atomic mass is 79.9. The Kier molecular flexibility index (Phi) is 4.96. The fourth-order valence-corrected chi connectivity index (χ4v) is 4.60. The number of nitrogens with zero attached hydrogens (tertiary/aromatic N) is 3. The van der Waals surface area contributed by atoms with Crippen LogP contribution in [0.3, 0.4) is 0 Å². The third kappa shape index (κ3) is 3.61. The van der Waals surface area contributed by atoms with Crippen molar-refractivity contribution in [2.45, 2.75) is 19.9 Å². The lowest BCUT2D eigenvalue weighted by Gasteiger charge is -2.11. The van der Waals surface area contributed by atoms with Crippen molar-refractivity contribution >= 4 is 48.5 Å². The molecular formula is C18H14Br2FN5O. The molecule has 2 N–H and O–H groups in total. The normalized spacial score (nSPS) is 11.3. The van der Waals surface area contributed by atoms with Gasteiger partial charge in [0.1, 0.15) is 11.4 Å². The van der Waals surface area contributed by atoms with Crippen molar-refractivity contribution in [2.75, 3.05) is 5.32 Å². The zero-order valence-corrected chi connectivity index (χ0v) is 17.4. The van der Waals surface area contributed by atoms with E-state index in [1.54, 1.807) is 12.1 Å². The number of rotatable bonds is 5. The summed E-state index contributed by atoms with van der Waals surface area (Å²) in [6.45, 7) is 2.42. The number of benzene rings is 2. The Balaban J connectivity index is 1.59. The van der Waals surface area contributed by atoms with Crippen molar-refractivity contribution in [2.24, 2.45) is 0 Å². The van der Waals surface area contributed by atoms with Gasteiger partial charge in [0.2, 0.25) is 5.82 Å². The number of aromatic nitrogens is 4. The molecule has 138 valence electrons. The number of H-pyrrole nitrogens is 1. The molecule has 0 aliphatic rings. The maximum absolute atomic E-state index is 14.5. The fourth-order valence-electron chi connectivity index (χ4n) is 2.85. The largest absolute Gasteiger partial charge is 0.453 e. The lowest BCUT2D eigenvalue weighted by molar-refractivity contribution is 0.606. The molecule has 0 fully saturated rings. The first kappa shape index (κ1) is 18.1. The number of aromatic amines is 1. The van der Waals surface area contributed by atoms with Crippen molar-refractivity contribution in [3.8, 4) is 11.6 Å². The van der Waals surface area contributed by atoms with Gasteiger partial charge in [-0.25, -0.2) is 4.39 Å². The van der Waals surface area contributed by atoms with E-state index in [1.807, 2.05) is 12.1 Å². The smallest absolute Gasteiger partial charge is 0.239 e. The van der Waals surface area contributed by atoms with Gasteiger partial charge in [0.15, 0.2) is 5.76 Å². The number of tetrazole rings is 1. The van der Waals surface area contributed by atoms with E-state index >= 15 is 0 Å². The molecule has 0 radical (unpaired) electrons. The van der Waals surface area contributed by atoms with Crippen LogP contribution >= 0.6 is 31.9 Å². The van der Waals surface area contributed by atoms with E-state index in [2.05, 4.69) is 64.7 Å². The zero-order valence-electron chi connectivity index (χ0n) is 14.2. The number of halogens is 3. The third-order valence-electron chi connectivity index (χ3n) is 4.23. The Hall–Kier alpha value is -2.26. The van der Waals surface area contributed by atoms with Crippen LogP contribution in [0.15, 0.2) is 43.7 Å². The molecule has 0 bridgehead atoms. The van der Waals surface area contributed by atoms with Gasteiger partial charge in [0.05, 0.1) is 0 Å². The van der Waals surface area contributed by atoms with Gasteiger partial charge >= 0.3 is 0 Å². The highest BCUT2D eigenvalue weighted by Gasteiger charge is 2.14. The zero-order chi connectivity index (χ0) is 19.0. The van der Waals surface area contributed by atoms with Crippen LogP contribution in [-0.4, -0.2) is 20.6 Å². The van der Waals surface area contributed by atoms with Crippen molar-refractivity contribution < 1.29 is 8.81 Å². The van der Waals surface area contributed by atoms with E-state index in [0.717, 1.165) is 21.1 Å². The van der Waals surface area contributed by atoms with Gasteiger partial charge in [-0.15, -0.1) is 10.2 Å². The molecule has 2 heterocycles. The Labute approximate surface area is 170 Å². The topological polar surface area (TPSA) is 79.6 Å². The summed E-state index contributed by atoms with van der Waals surface area (Å²) in [5.41, 5.74) is 3.15. The number of anilines is 1. The molecule has 9 heteroatoms. The van der Waals surface area contributed by atoms with Gasteiger partial charge < -0.3 is 9.73 Å². The maximum atomic E-state index is 14.5. The first-order chi connectivity index (χ1) is 13.0. The number of furan rings is 1. The van der Waals surface area contributed by atoms with Crippen LogP contribution in [0.2, 0.25) is 0 Å². The van der Waals surface area contributed by atoms with E-state index in [4.69, 9.17) is 4.42 Å². The summed E-state index contributed by atoms with van der Waals surface area (Å²) in [7, 11) is 0. The average molecular weight is 495 g/mol. The van der Waals surface area contributed by atoms with Gasteiger partial charge in [-0.2, -0.15) is 5.21 Å². The summed E-state index contributed by atoms with van der Waals surface area (Å²) in [5, 5.41) is 17.5. The van der Waals surface area contributed by atoms with Crippen LogP contribution in [-0.2, 0) is 13.0 Å². The summed E-state index contributed by atoms with van der Waals surface area (Å²) < 4.78 is 22.3. The van der Waals surface area contributed by atoms with Gasteiger partial charge in [-0.3, -0.25) is 0 Å². The summed E-state index contributed by atoms with van der Waals surface area (Å²) in [6, 6.07) is 8.80. The number of nitrogens with one attached hydrogen (secondary N) is 2. The van der Waals surface area contributed by atoms with E-state index in [-0.39, 0.29) is 5.82 Å². The van der Waals surface area contributed by atoms with Crippen LogP contribution in [0.5, 0.6) is 0 Å². The van der Waals surface area contributed by atoms with Crippen LogP contribution in [0.1, 0.15) is 18.1 Å². The molecule has 0 spiro atoms. The molecule has 2 aromatic carbocycles. The van der Waals surface area contributed by atoms with Crippen molar-refractivity contribution in [1.29, 1.82) is 0 Å². The molecule has 0 amide bonds. The molecule has 4 rings (SSSR count). The lowest BCUT2D eigenvalue weighted by atomic mass is 10.1. The van der Waals surface area contributed by atoms with Gasteiger partial charge in [0.25, 0.3) is 0 Å². The van der Waals surface area contributed by atoms with Crippen LogP contribution in [0, 0.1) is 5.82 Å². The second-order valence-corrected chi connectivity index (χ2v) is 7.66. The quantitative estimate of drug-likeness (QED) is 0.385. The Morgan fingerprint density at radius 1 is 1.15 bits per heavy atom. The SMILES string of the molecule is CCc1c(Br)cc(NCc2cc3oc(-c4nn[nH]n4)cc3cc2F)cc1Br. The van der Waals surface area contributed by atoms with E-state index in [0.29, 0.717) is 34.7 Å². The highest BCUT2D eigenvalue weighted by Crippen LogP contribution is 2.31. The van der Waals surface area contributed by atoms with Crippen LogP contribution < -0.4 is 5.32 Å². The molecule has 0 atom stereocenters. The van der Waals surface area contributed by atoms with Gasteiger partial charge in [-0.1, -0.05) is 38.8 Å². The van der Waals surface area contributed by atoms with Crippen molar-refractivity contribution in [1.82, 2.24) is 20.6 Å². The molecule has 0 aliphatic heterocycles. The maximum Gasteiger partial charge on any atom is 0.239 e. The number of hydrogen-bond acceptors (Lipinski definition) is 5. The second-order valence-electron chi connectivity index (χ2n) is 5.95. The monoisotopic (exact) mass is 493 g/mol. The molecule has 6 nitrogen and oxygen atoms in total. The summed E-state index contributed by atoms with van der Waals surface area (Å²) in [4.78, 5) is 0. The molecule has 0 saturated carbocycles. The molecule has 0 aliphatic carbocycles. The molecule has 2 aromatic heterocycles. The minimum Gasteiger partial charge on any atom is -0.453 e. The standard InChI is InChI=1S/C18H14Br2FN5O/c1-2-12-13(19)6-11(7-14(12)20)22-8-10-5-16-9(3-15(10)21)4-17(27-16)18-23-25-26-24-18/h3-7,22H,2,8H2,1H3,(H,23,24,25,26). The fraction of sp³-hybridized carbons (Fsp3) is 0.167. The van der Waals surface area contributed by atoms with Crippen LogP contribution in [0.25, 0.3) is 22.6 Å². The second kappa shape index (κ2) is 7.40. The minimum absolute atomic E-state index is 0.307. The van der Waals surface area contributed by atoms with Crippen LogP contribution in [0.4, 0.5) is 10.1 Å². The van der Waals surface area contributed by atoms with Crippen molar-refractivity contribution in [3.63, 3.8) is 0 Å². The van der Waals surface area contributed by atoms with E-state index in [9.17, 15) is 4.39 Å². The molecule has 27 heavy (non-hydrogen) atoms. The minimum atomic E-state index is -0.307. The number of hydrogen-bond donors (Lipinski definition) is 2. The first-order valence-corrected chi connectivity index (χ1v) is 9.81. The van der Waals surface area contributed by atoms with Gasteiger partial charge in [-0.05, 0) is 47.5 Å². The lowest BCUT2D eigenvalue weighted by Crippen LogP contribution is -2.02. The summed E-state index contributed by atoms with van der Waals surface area (Å²) in [6.07, 6.45) is 0.911. The molecule has 0 saturated heterocycles. The summed E-state index contributed by atoms with van der Waals surface area (Å²) >= 11 is 7.15. The number of fused-ring (bicyclic) bond motifs is 1. The Bertz CT molecular complexity index is 1090. The molecular weight excluding hydrogens is 481 g/mol. The predicted molar refractivity (Wildman–Crippen MR) is 108 cm³/mol. The predicted octanol–water partition coefficient (Wildman–Crippen LogP) is 5.45. The molecule has 4 aromatic rings. The first-order valence-electron chi connectivity index (χ1n) is 8.22. The average Bonchev–Trinajstić information content (AvgIpc) is 3.28. The highest BCUT2D eigenvalue weighted by molar-refractivity contribution is 9.11. The molecule has 0 unspecified atom stereocenters. The van der Waals surface area contributed by atoms with Gasteiger partial charge in [0, 0.05) is 32.1 Å². The summed E-state index contributed by atoms with van der Waals surface area (Å²) in [5.74, 6) is 0.460.